The van der Waals surface area contributed by atoms with Gasteiger partial charge in [0.15, 0.2) is 0 Å². The minimum absolute atomic E-state index is 0.243. The molecule has 0 aliphatic carbocycles. The summed E-state index contributed by atoms with van der Waals surface area (Å²) in [6.45, 7) is 0.427. The molecule has 0 saturated heterocycles. The molecule has 3 heterocycles. The normalized spacial score (nSPS) is 11.3. The van der Waals surface area contributed by atoms with Gasteiger partial charge in [0.2, 0.25) is 0 Å². The lowest BCUT2D eigenvalue weighted by Crippen LogP contribution is -2.08. The zero-order chi connectivity index (χ0) is 20.1. The number of hydrogen-bond acceptors (Lipinski definition) is 5. The average Bonchev–Trinajstić information content (AvgIpc) is 3.18. The summed E-state index contributed by atoms with van der Waals surface area (Å²) < 4.78 is 10.8. The molecular formula is C23H24N4O2. The number of rotatable bonds is 8. The van der Waals surface area contributed by atoms with Gasteiger partial charge in [-0.2, -0.15) is 0 Å². The van der Waals surface area contributed by atoms with Gasteiger partial charge in [0, 0.05) is 31.9 Å². The summed E-state index contributed by atoms with van der Waals surface area (Å²) in [6.07, 6.45) is 9.14. The Morgan fingerprint density at radius 1 is 0.862 bits per heavy atom. The zero-order valence-electron chi connectivity index (χ0n) is 16.6. The Hall–Kier alpha value is -3.25. The van der Waals surface area contributed by atoms with E-state index in [-0.39, 0.29) is 5.92 Å². The molecule has 0 radical (unpaired) electrons. The summed E-state index contributed by atoms with van der Waals surface area (Å²) in [6, 6.07) is 12.4. The molecule has 0 atom stereocenters. The van der Waals surface area contributed by atoms with Gasteiger partial charge in [0.25, 0.3) is 0 Å². The molecule has 3 aromatic heterocycles. The van der Waals surface area contributed by atoms with Crippen molar-refractivity contribution < 1.29 is 9.47 Å². The van der Waals surface area contributed by atoms with Crippen LogP contribution in [0.15, 0.2) is 61.2 Å². The van der Waals surface area contributed by atoms with E-state index in [1.54, 1.807) is 14.2 Å². The highest BCUT2D eigenvalue weighted by atomic mass is 16.5. The second-order valence-corrected chi connectivity index (χ2v) is 7.01. The van der Waals surface area contributed by atoms with Crippen LogP contribution in [-0.2, 0) is 24.2 Å². The van der Waals surface area contributed by atoms with E-state index in [1.165, 1.54) is 16.7 Å². The number of aromatic nitrogens is 4. The third-order valence-corrected chi connectivity index (χ3v) is 5.09. The van der Waals surface area contributed by atoms with Gasteiger partial charge < -0.3 is 14.5 Å². The van der Waals surface area contributed by atoms with Crippen LogP contribution < -0.4 is 4.74 Å². The molecule has 148 valence electrons. The molecule has 0 spiro atoms. The van der Waals surface area contributed by atoms with Crippen molar-refractivity contribution in [2.75, 3.05) is 14.2 Å². The van der Waals surface area contributed by atoms with E-state index in [0.29, 0.717) is 6.61 Å². The maximum absolute atomic E-state index is 5.56. The monoisotopic (exact) mass is 388 g/mol. The predicted molar refractivity (Wildman–Crippen MR) is 112 cm³/mol. The van der Waals surface area contributed by atoms with Crippen molar-refractivity contribution in [2.45, 2.75) is 25.4 Å². The fourth-order valence-electron chi connectivity index (χ4n) is 3.74. The molecule has 29 heavy (non-hydrogen) atoms. The molecule has 0 unspecified atom stereocenters. The molecule has 0 amide bonds. The Kier molecular flexibility index (Phi) is 5.81. The Balaban J connectivity index is 1.79. The number of aromatic amines is 1. The van der Waals surface area contributed by atoms with Gasteiger partial charge in [-0.3, -0.25) is 9.97 Å². The van der Waals surface area contributed by atoms with Crippen molar-refractivity contribution in [3.63, 3.8) is 0 Å². The molecule has 0 aliphatic heterocycles. The maximum Gasteiger partial charge on any atom is 0.144 e. The number of fused-ring (bicyclic) bond motifs is 1. The highest BCUT2D eigenvalue weighted by molar-refractivity contribution is 5.85. The number of hydrogen-bond donors (Lipinski definition) is 1. The van der Waals surface area contributed by atoms with Gasteiger partial charge in [0.1, 0.15) is 23.7 Å². The van der Waals surface area contributed by atoms with E-state index in [2.05, 4.69) is 45.3 Å². The van der Waals surface area contributed by atoms with Crippen molar-refractivity contribution in [3.05, 3.63) is 83.7 Å². The summed E-state index contributed by atoms with van der Waals surface area (Å²) in [5.41, 5.74) is 5.52. The molecule has 1 N–H and O–H groups in total. The second-order valence-electron chi connectivity index (χ2n) is 7.01. The van der Waals surface area contributed by atoms with Crippen molar-refractivity contribution in [3.8, 4) is 5.75 Å². The van der Waals surface area contributed by atoms with Crippen LogP contribution in [0, 0.1) is 0 Å². The smallest absolute Gasteiger partial charge is 0.144 e. The fraction of sp³-hybridized carbons (Fsp3) is 0.261. The first-order valence-corrected chi connectivity index (χ1v) is 9.60. The molecule has 4 rings (SSSR count). The average molecular weight is 388 g/mol. The Labute approximate surface area is 170 Å². The van der Waals surface area contributed by atoms with Crippen LogP contribution in [0.25, 0.3) is 11.0 Å². The van der Waals surface area contributed by atoms with Crippen LogP contribution in [-0.4, -0.2) is 34.2 Å². The molecule has 0 aliphatic rings. The minimum Gasteiger partial charge on any atom is -0.494 e. The van der Waals surface area contributed by atoms with Crippen LogP contribution in [0.5, 0.6) is 5.75 Å². The van der Waals surface area contributed by atoms with Gasteiger partial charge in [0.05, 0.1) is 12.6 Å². The lowest BCUT2D eigenvalue weighted by atomic mass is 9.86. The summed E-state index contributed by atoms with van der Waals surface area (Å²) in [7, 11) is 3.34. The van der Waals surface area contributed by atoms with Crippen LogP contribution in [0.3, 0.4) is 0 Å². The third-order valence-electron chi connectivity index (χ3n) is 5.09. The SMILES string of the molecule is COCc1nc2c(C(Cc3ccncc3)Cc3ccncc3)ccc(OC)c2[nH]1. The summed E-state index contributed by atoms with van der Waals surface area (Å²) in [4.78, 5) is 16.5. The topological polar surface area (TPSA) is 72.9 Å². The highest BCUT2D eigenvalue weighted by Crippen LogP contribution is 2.34. The quantitative estimate of drug-likeness (QED) is 0.492. The number of nitrogens with zero attached hydrogens (tertiary/aromatic N) is 3. The maximum atomic E-state index is 5.56. The molecule has 0 bridgehead atoms. The number of ether oxygens (including phenoxy) is 2. The van der Waals surface area contributed by atoms with Crippen LogP contribution in [0.1, 0.15) is 28.4 Å². The number of H-pyrrole nitrogens is 1. The number of imidazole rings is 1. The molecule has 1 aromatic carbocycles. The van der Waals surface area contributed by atoms with E-state index in [1.807, 2.05) is 30.9 Å². The van der Waals surface area contributed by atoms with Crippen molar-refractivity contribution in [1.29, 1.82) is 0 Å². The van der Waals surface area contributed by atoms with E-state index in [9.17, 15) is 0 Å². The number of nitrogens with one attached hydrogen (secondary N) is 1. The van der Waals surface area contributed by atoms with Crippen molar-refractivity contribution in [2.24, 2.45) is 0 Å². The third kappa shape index (κ3) is 4.27. The van der Waals surface area contributed by atoms with Crippen LogP contribution >= 0.6 is 0 Å². The largest absolute Gasteiger partial charge is 0.494 e. The molecule has 0 saturated carbocycles. The molecular weight excluding hydrogens is 364 g/mol. The van der Waals surface area contributed by atoms with E-state index in [4.69, 9.17) is 14.5 Å². The van der Waals surface area contributed by atoms with Crippen LogP contribution in [0.4, 0.5) is 0 Å². The predicted octanol–water partition coefficient (Wildman–Crippen LogP) is 4.08. The van der Waals surface area contributed by atoms with Crippen molar-refractivity contribution >= 4 is 11.0 Å². The number of benzene rings is 1. The van der Waals surface area contributed by atoms with Gasteiger partial charge >= 0.3 is 0 Å². The first-order valence-electron chi connectivity index (χ1n) is 9.60. The van der Waals surface area contributed by atoms with Gasteiger partial charge in [-0.15, -0.1) is 0 Å². The number of methoxy groups -OCH3 is 2. The van der Waals surface area contributed by atoms with E-state index in [0.717, 1.165) is 35.4 Å². The summed E-state index contributed by atoms with van der Waals surface area (Å²) in [5.74, 6) is 1.82. The van der Waals surface area contributed by atoms with Crippen LogP contribution in [0.2, 0.25) is 0 Å². The first-order chi connectivity index (χ1) is 14.3. The first kappa shape index (κ1) is 19.1. The Morgan fingerprint density at radius 2 is 1.48 bits per heavy atom. The summed E-state index contributed by atoms with van der Waals surface area (Å²) in [5, 5.41) is 0. The second kappa shape index (κ2) is 8.84. The molecule has 6 heteroatoms. The lowest BCUT2D eigenvalue weighted by molar-refractivity contribution is 0.179. The van der Waals surface area contributed by atoms with Gasteiger partial charge in [-0.05, 0) is 65.8 Å². The fourth-order valence-corrected chi connectivity index (χ4v) is 3.74. The Morgan fingerprint density at radius 3 is 2.03 bits per heavy atom. The molecule has 4 aromatic rings. The highest BCUT2D eigenvalue weighted by Gasteiger charge is 2.20. The molecule has 6 nitrogen and oxygen atoms in total. The summed E-state index contributed by atoms with van der Waals surface area (Å²) >= 11 is 0. The van der Waals surface area contributed by atoms with Crippen molar-refractivity contribution in [1.82, 2.24) is 19.9 Å². The van der Waals surface area contributed by atoms with Gasteiger partial charge in [-0.1, -0.05) is 6.07 Å². The van der Waals surface area contributed by atoms with E-state index < -0.39 is 0 Å². The zero-order valence-corrected chi connectivity index (χ0v) is 16.6. The minimum atomic E-state index is 0.243. The lowest BCUT2D eigenvalue weighted by Gasteiger charge is -2.19. The molecule has 0 fully saturated rings. The Bertz CT molecular complexity index is 1020. The van der Waals surface area contributed by atoms with E-state index >= 15 is 0 Å². The standard InChI is InChI=1S/C23H24N4O2/c1-28-15-21-26-22-19(3-4-20(29-2)23(22)27-21)18(13-16-5-9-24-10-6-16)14-17-7-11-25-12-8-17/h3-12,18H,13-15H2,1-2H3,(H,26,27). The number of pyridine rings is 2. The van der Waals surface area contributed by atoms with Gasteiger partial charge in [-0.25, -0.2) is 4.98 Å².